The number of aryl methyl sites for hydroxylation is 1. The SMILES string of the molecule is CNC(=O)c1ccc(NC(=O)[C@H](Cc2ccc(-c3cc4[nH]cc(C(=O)O)c(=O)c4cc3C)cc2)NC(=O)C2CCC(CN)CC2)cc1Cl. The molecule has 1 aromatic heterocycles. The normalized spacial score (nSPS) is 16.6. The fourth-order valence-corrected chi connectivity index (χ4v) is 6.47. The van der Waals surface area contributed by atoms with Gasteiger partial charge in [-0.25, -0.2) is 4.79 Å². The van der Waals surface area contributed by atoms with E-state index >= 15 is 0 Å². The number of aromatic carboxylic acids is 1. The number of hydrogen-bond donors (Lipinski definition) is 6. The van der Waals surface area contributed by atoms with Crippen LogP contribution in [0.15, 0.2) is 65.6 Å². The number of carbonyl (C=O) groups excluding carboxylic acids is 3. The number of aromatic amines is 1. The summed E-state index contributed by atoms with van der Waals surface area (Å²) in [5.74, 6) is -2.05. The number of nitrogens with one attached hydrogen (secondary N) is 4. The first-order chi connectivity index (χ1) is 23.0. The van der Waals surface area contributed by atoms with Crippen LogP contribution in [0.3, 0.4) is 0 Å². The Morgan fingerprint density at radius 2 is 1.71 bits per heavy atom. The molecule has 1 atom stereocenters. The summed E-state index contributed by atoms with van der Waals surface area (Å²) in [6.07, 6.45) is 4.56. The molecule has 7 N–H and O–H groups in total. The molecule has 250 valence electrons. The molecule has 1 fully saturated rings. The Hall–Kier alpha value is -5.00. The van der Waals surface area contributed by atoms with E-state index in [4.69, 9.17) is 17.3 Å². The lowest BCUT2D eigenvalue weighted by atomic mass is 9.81. The van der Waals surface area contributed by atoms with Crippen molar-refractivity contribution in [3.8, 4) is 11.1 Å². The molecule has 48 heavy (non-hydrogen) atoms. The molecular formula is C36H38ClN5O6. The number of pyridine rings is 1. The average molecular weight is 672 g/mol. The molecule has 3 amide bonds. The van der Waals surface area contributed by atoms with Gasteiger partial charge in [0, 0.05) is 42.2 Å². The molecule has 1 heterocycles. The van der Waals surface area contributed by atoms with Crippen LogP contribution < -0.4 is 27.1 Å². The van der Waals surface area contributed by atoms with Gasteiger partial charge in [-0.1, -0.05) is 35.9 Å². The average Bonchev–Trinajstić information content (AvgIpc) is 3.08. The number of aromatic nitrogens is 1. The highest BCUT2D eigenvalue weighted by Crippen LogP contribution is 2.30. The number of benzene rings is 3. The van der Waals surface area contributed by atoms with Gasteiger partial charge < -0.3 is 31.8 Å². The zero-order valence-corrected chi connectivity index (χ0v) is 27.4. The van der Waals surface area contributed by atoms with Crippen LogP contribution in [0.4, 0.5) is 5.69 Å². The predicted octanol–water partition coefficient (Wildman–Crippen LogP) is 4.65. The van der Waals surface area contributed by atoms with E-state index in [2.05, 4.69) is 20.9 Å². The molecule has 1 saturated carbocycles. The lowest BCUT2D eigenvalue weighted by molar-refractivity contribution is -0.130. The molecule has 0 aliphatic heterocycles. The summed E-state index contributed by atoms with van der Waals surface area (Å²) in [6.45, 7) is 2.44. The third-order valence-electron chi connectivity index (χ3n) is 9.05. The van der Waals surface area contributed by atoms with Crippen LogP contribution >= 0.6 is 11.6 Å². The minimum atomic E-state index is -1.29. The van der Waals surface area contributed by atoms with Gasteiger partial charge in [-0.3, -0.25) is 19.2 Å². The van der Waals surface area contributed by atoms with Crippen molar-refractivity contribution in [2.45, 2.75) is 45.1 Å². The number of amides is 3. The number of anilines is 1. The van der Waals surface area contributed by atoms with Crippen LogP contribution in [0.2, 0.25) is 5.02 Å². The summed E-state index contributed by atoms with van der Waals surface area (Å²) in [6, 6.07) is 14.7. The molecule has 0 spiro atoms. The first-order valence-electron chi connectivity index (χ1n) is 15.8. The molecular weight excluding hydrogens is 634 g/mol. The van der Waals surface area contributed by atoms with Gasteiger partial charge in [0.15, 0.2) is 0 Å². The Kier molecular flexibility index (Phi) is 10.6. The van der Waals surface area contributed by atoms with Gasteiger partial charge in [-0.15, -0.1) is 0 Å². The summed E-state index contributed by atoms with van der Waals surface area (Å²) in [4.78, 5) is 66.1. The van der Waals surface area contributed by atoms with Crippen LogP contribution in [0, 0.1) is 18.8 Å². The number of halogens is 1. The number of carbonyl (C=O) groups is 4. The van der Waals surface area contributed by atoms with E-state index in [9.17, 15) is 29.1 Å². The minimum absolute atomic E-state index is 0.176. The minimum Gasteiger partial charge on any atom is -0.477 e. The van der Waals surface area contributed by atoms with Crippen molar-refractivity contribution in [2.24, 2.45) is 17.6 Å². The maximum absolute atomic E-state index is 13.6. The molecule has 1 aliphatic carbocycles. The molecule has 1 aliphatic rings. The predicted molar refractivity (Wildman–Crippen MR) is 185 cm³/mol. The van der Waals surface area contributed by atoms with Crippen LogP contribution in [0.1, 0.15) is 57.5 Å². The van der Waals surface area contributed by atoms with Crippen molar-refractivity contribution >= 4 is 51.9 Å². The highest BCUT2D eigenvalue weighted by atomic mass is 35.5. The van der Waals surface area contributed by atoms with Crippen molar-refractivity contribution in [3.05, 3.63) is 98.3 Å². The largest absolute Gasteiger partial charge is 0.477 e. The van der Waals surface area contributed by atoms with E-state index in [1.807, 2.05) is 37.3 Å². The number of nitrogens with two attached hydrogens (primary N) is 1. The quantitative estimate of drug-likeness (QED) is 0.142. The van der Waals surface area contributed by atoms with E-state index in [0.29, 0.717) is 41.9 Å². The molecule has 0 unspecified atom stereocenters. The van der Waals surface area contributed by atoms with Gasteiger partial charge in [0.1, 0.15) is 11.6 Å². The van der Waals surface area contributed by atoms with Gasteiger partial charge in [-0.05, 0) is 97.7 Å². The smallest absolute Gasteiger partial charge is 0.341 e. The number of carboxylic acids is 1. The number of hydrogen-bond acceptors (Lipinski definition) is 6. The maximum Gasteiger partial charge on any atom is 0.341 e. The molecule has 4 aromatic rings. The fraction of sp³-hybridized carbons (Fsp3) is 0.306. The van der Waals surface area contributed by atoms with Crippen LogP contribution in [-0.4, -0.2) is 53.4 Å². The molecule has 0 saturated heterocycles. The van der Waals surface area contributed by atoms with Gasteiger partial charge in [0.05, 0.1) is 10.6 Å². The number of H-pyrrole nitrogens is 1. The topological polar surface area (TPSA) is 183 Å². The lowest BCUT2D eigenvalue weighted by Crippen LogP contribution is -2.48. The van der Waals surface area contributed by atoms with Crippen LogP contribution in [0.5, 0.6) is 0 Å². The van der Waals surface area contributed by atoms with Crippen molar-refractivity contribution in [1.29, 1.82) is 0 Å². The third kappa shape index (κ3) is 7.58. The second-order valence-electron chi connectivity index (χ2n) is 12.2. The number of carboxylic acid groups (broad SMARTS) is 1. The monoisotopic (exact) mass is 671 g/mol. The van der Waals surface area contributed by atoms with E-state index in [1.165, 1.54) is 25.4 Å². The number of rotatable bonds is 10. The zero-order chi connectivity index (χ0) is 34.5. The lowest BCUT2D eigenvalue weighted by Gasteiger charge is -2.28. The Bertz CT molecular complexity index is 1930. The summed E-state index contributed by atoms with van der Waals surface area (Å²) < 4.78 is 0. The van der Waals surface area contributed by atoms with Crippen LogP contribution in [0.25, 0.3) is 22.0 Å². The second kappa shape index (κ2) is 14.8. The summed E-state index contributed by atoms with van der Waals surface area (Å²) >= 11 is 6.31. The Morgan fingerprint density at radius 1 is 1.00 bits per heavy atom. The molecule has 0 radical (unpaired) electrons. The molecule has 12 heteroatoms. The van der Waals surface area contributed by atoms with Gasteiger partial charge >= 0.3 is 5.97 Å². The first-order valence-corrected chi connectivity index (χ1v) is 16.2. The maximum atomic E-state index is 13.6. The van der Waals surface area contributed by atoms with Crippen molar-refractivity contribution in [2.75, 3.05) is 18.9 Å². The fourth-order valence-electron chi connectivity index (χ4n) is 6.20. The second-order valence-corrected chi connectivity index (χ2v) is 12.6. The Morgan fingerprint density at radius 3 is 2.33 bits per heavy atom. The number of fused-ring (bicyclic) bond motifs is 1. The van der Waals surface area contributed by atoms with E-state index < -0.39 is 23.3 Å². The van der Waals surface area contributed by atoms with E-state index in [-0.39, 0.29) is 40.3 Å². The molecule has 0 bridgehead atoms. The van der Waals surface area contributed by atoms with Crippen molar-refractivity contribution < 1.29 is 24.3 Å². The molecule has 5 rings (SSSR count). The highest BCUT2D eigenvalue weighted by molar-refractivity contribution is 6.34. The highest BCUT2D eigenvalue weighted by Gasteiger charge is 2.29. The van der Waals surface area contributed by atoms with Crippen molar-refractivity contribution in [1.82, 2.24) is 15.6 Å². The summed E-state index contributed by atoms with van der Waals surface area (Å²) in [5, 5.41) is 18.1. The third-order valence-corrected chi connectivity index (χ3v) is 9.37. The first kappa shape index (κ1) is 34.3. The Labute approximate surface area is 282 Å². The van der Waals surface area contributed by atoms with Crippen LogP contribution in [-0.2, 0) is 16.0 Å². The molecule has 11 nitrogen and oxygen atoms in total. The molecule has 3 aromatic carbocycles. The summed E-state index contributed by atoms with van der Waals surface area (Å²) in [7, 11) is 1.50. The summed E-state index contributed by atoms with van der Waals surface area (Å²) in [5.41, 5.74) is 9.42. The van der Waals surface area contributed by atoms with E-state index in [0.717, 1.165) is 35.1 Å². The standard InChI is InChI=1S/C36H38ClN5O6/c1-19-13-27-30(40-18-28(32(27)43)36(47)48)16-26(19)22-7-3-20(4-8-22)14-31(42-33(44)23-9-5-21(17-38)6-10-23)35(46)41-24-11-12-25(29(37)15-24)34(45)39-2/h3-4,7-8,11-13,15-16,18,21,23,31H,5-6,9-10,14,17,38H2,1-2H3,(H,39,45)(H,40,43)(H,41,46)(H,42,44)(H,47,48)/t21?,23?,31-/m0/s1. The van der Waals surface area contributed by atoms with E-state index in [1.54, 1.807) is 12.1 Å². The van der Waals surface area contributed by atoms with Gasteiger partial charge in [0.25, 0.3) is 5.91 Å². The van der Waals surface area contributed by atoms with Crippen molar-refractivity contribution in [3.63, 3.8) is 0 Å². The van der Waals surface area contributed by atoms with Gasteiger partial charge in [0.2, 0.25) is 17.2 Å². The Balaban J connectivity index is 1.37. The zero-order valence-electron chi connectivity index (χ0n) is 26.7. The van der Waals surface area contributed by atoms with Gasteiger partial charge in [-0.2, -0.15) is 0 Å².